The molecule has 0 aromatic carbocycles. The molecule has 10 nitrogen and oxygen atoms in total. The first-order chi connectivity index (χ1) is 10.4. The molecule has 118 valence electrons. The molecular weight excluding hydrogens is 312 g/mol. The van der Waals surface area contributed by atoms with Crippen molar-refractivity contribution >= 4 is 40.7 Å². The molecule has 0 bridgehead atoms. The maximum Gasteiger partial charge on any atom is 0.328 e. The number of aromatic nitrogens is 4. The quantitative estimate of drug-likeness (QED) is 0.381. The number of nitrogens with one attached hydrogen (secondary N) is 3. The Morgan fingerprint density at radius 1 is 1.41 bits per heavy atom. The molecule has 0 spiro atoms. The van der Waals surface area contributed by atoms with Crippen LogP contribution in [0, 0.1) is 0 Å². The van der Waals surface area contributed by atoms with E-state index in [9.17, 15) is 14.7 Å². The molecule has 22 heavy (non-hydrogen) atoms. The highest BCUT2D eigenvalue weighted by molar-refractivity contribution is 7.98. The Balaban J connectivity index is 2.21. The van der Waals surface area contributed by atoms with E-state index in [0.29, 0.717) is 16.3 Å². The summed E-state index contributed by atoms with van der Waals surface area (Å²) in [5.74, 6) is -1.18. The van der Waals surface area contributed by atoms with Gasteiger partial charge < -0.3 is 20.5 Å². The number of carbonyl (C=O) groups excluding carboxylic acids is 1. The van der Waals surface area contributed by atoms with Crippen LogP contribution in [0.4, 0.5) is 10.6 Å². The smallest absolute Gasteiger partial charge is 0.328 e. The van der Waals surface area contributed by atoms with Crippen LogP contribution in [0.25, 0.3) is 11.2 Å². The highest BCUT2D eigenvalue weighted by Crippen LogP contribution is 2.20. The van der Waals surface area contributed by atoms with Gasteiger partial charge in [-0.2, -0.15) is 0 Å². The predicted molar refractivity (Wildman–Crippen MR) is 78.7 cm³/mol. The lowest BCUT2D eigenvalue weighted by molar-refractivity contribution is -0.141. The molecule has 0 aliphatic carbocycles. The number of aromatic amines is 1. The Kier molecular flexibility index (Phi) is 4.78. The summed E-state index contributed by atoms with van der Waals surface area (Å²) in [6, 6.07) is -2.24. The van der Waals surface area contributed by atoms with E-state index in [1.54, 1.807) is 6.26 Å². The Morgan fingerprint density at radius 3 is 2.73 bits per heavy atom. The number of carboxylic acid groups (broad SMARTS) is 1. The van der Waals surface area contributed by atoms with Crippen molar-refractivity contribution in [3.05, 3.63) is 6.33 Å². The molecular formula is C11H14N6O4S. The number of imidazole rings is 1. The third kappa shape index (κ3) is 3.43. The van der Waals surface area contributed by atoms with Crippen LogP contribution in [0.2, 0.25) is 0 Å². The Labute approximate surface area is 128 Å². The lowest BCUT2D eigenvalue weighted by atomic mass is 10.2. The van der Waals surface area contributed by atoms with Crippen LogP contribution in [-0.4, -0.2) is 60.6 Å². The molecule has 2 atom stereocenters. The average Bonchev–Trinajstić information content (AvgIpc) is 2.92. The number of H-pyrrole nitrogens is 1. The van der Waals surface area contributed by atoms with Crippen LogP contribution in [0.1, 0.15) is 6.92 Å². The fourth-order valence-electron chi connectivity index (χ4n) is 1.67. The number of rotatable bonds is 5. The van der Waals surface area contributed by atoms with Crippen molar-refractivity contribution in [3.63, 3.8) is 0 Å². The van der Waals surface area contributed by atoms with E-state index >= 15 is 0 Å². The van der Waals surface area contributed by atoms with Gasteiger partial charge in [-0.3, -0.25) is 5.32 Å². The molecule has 0 saturated carbocycles. The van der Waals surface area contributed by atoms with Crippen molar-refractivity contribution in [2.75, 3.05) is 11.6 Å². The number of carboxylic acids is 1. The minimum absolute atomic E-state index is 0.166. The van der Waals surface area contributed by atoms with Crippen molar-refractivity contribution in [1.29, 1.82) is 0 Å². The monoisotopic (exact) mass is 326 g/mol. The molecule has 0 aliphatic rings. The van der Waals surface area contributed by atoms with E-state index in [4.69, 9.17) is 5.11 Å². The minimum Gasteiger partial charge on any atom is -0.480 e. The molecule has 11 heteroatoms. The largest absolute Gasteiger partial charge is 0.480 e. The molecule has 0 aliphatic heterocycles. The number of aliphatic carboxylic acids is 1. The van der Waals surface area contributed by atoms with Crippen molar-refractivity contribution in [1.82, 2.24) is 25.3 Å². The number of nitrogens with zero attached hydrogens (tertiary/aromatic N) is 3. The number of thioether (sulfide) groups is 1. The summed E-state index contributed by atoms with van der Waals surface area (Å²) in [5.41, 5.74) is 0.789. The van der Waals surface area contributed by atoms with E-state index in [0.717, 1.165) is 0 Å². The van der Waals surface area contributed by atoms with Crippen molar-refractivity contribution in [2.45, 2.75) is 24.2 Å². The van der Waals surface area contributed by atoms with Crippen LogP contribution in [-0.2, 0) is 4.79 Å². The number of urea groups is 1. The fraction of sp³-hybridized carbons (Fsp3) is 0.364. The van der Waals surface area contributed by atoms with Crippen molar-refractivity contribution < 1.29 is 19.8 Å². The Morgan fingerprint density at radius 2 is 2.14 bits per heavy atom. The number of fused-ring (bicyclic) bond motifs is 1. The van der Waals surface area contributed by atoms with E-state index in [1.165, 1.54) is 25.0 Å². The zero-order chi connectivity index (χ0) is 16.3. The first-order valence-electron chi connectivity index (χ1n) is 6.16. The van der Waals surface area contributed by atoms with Gasteiger partial charge >= 0.3 is 12.0 Å². The molecule has 2 aromatic heterocycles. The standard InChI is InChI=1S/C11H14N6O4S/c1-4(18)5(9(19)20)14-10(21)15-8-6-7(13-3-12-6)16-11(17-8)22-2/h3-5,18H,1-2H3,(H,19,20)(H3,12,13,14,15,16,17,21)/t4-,5+/m0/s1. The Bertz CT molecular complexity index is 703. The topological polar surface area (TPSA) is 153 Å². The van der Waals surface area contributed by atoms with Gasteiger partial charge in [-0.05, 0) is 13.2 Å². The third-order valence-corrected chi connectivity index (χ3v) is 3.26. The molecule has 0 fully saturated rings. The maximum atomic E-state index is 11.9. The van der Waals surface area contributed by atoms with E-state index in [-0.39, 0.29) is 5.82 Å². The average molecular weight is 326 g/mol. The highest BCUT2D eigenvalue weighted by atomic mass is 32.2. The lowest BCUT2D eigenvalue weighted by Crippen LogP contribution is -2.49. The summed E-state index contributed by atoms with van der Waals surface area (Å²) >= 11 is 1.27. The lowest BCUT2D eigenvalue weighted by Gasteiger charge is -2.17. The number of aliphatic hydroxyl groups is 1. The third-order valence-electron chi connectivity index (χ3n) is 2.71. The van der Waals surface area contributed by atoms with Crippen LogP contribution in [0.5, 0.6) is 0 Å². The fourth-order valence-corrected chi connectivity index (χ4v) is 2.03. The number of aliphatic hydroxyl groups excluding tert-OH is 1. The zero-order valence-corrected chi connectivity index (χ0v) is 12.5. The summed E-state index contributed by atoms with van der Waals surface area (Å²) < 4.78 is 0. The molecule has 5 N–H and O–H groups in total. The predicted octanol–water partition coefficient (Wildman–Crippen LogP) is 0.0303. The number of hydrogen-bond donors (Lipinski definition) is 5. The van der Waals surface area contributed by atoms with Crippen LogP contribution >= 0.6 is 11.8 Å². The summed E-state index contributed by atoms with van der Waals surface area (Å²) in [5, 5.41) is 23.3. The second-order valence-electron chi connectivity index (χ2n) is 4.32. The highest BCUT2D eigenvalue weighted by Gasteiger charge is 2.25. The molecule has 2 rings (SSSR count). The van der Waals surface area contributed by atoms with Gasteiger partial charge in [0, 0.05) is 0 Å². The van der Waals surface area contributed by atoms with Gasteiger partial charge in [0.2, 0.25) is 0 Å². The normalized spacial score (nSPS) is 13.6. The molecule has 2 aromatic rings. The summed E-state index contributed by atoms with van der Waals surface area (Å²) in [6.07, 6.45) is 1.93. The van der Waals surface area contributed by atoms with Gasteiger partial charge in [-0.25, -0.2) is 24.5 Å². The maximum absolute atomic E-state index is 11.9. The molecule has 0 radical (unpaired) electrons. The van der Waals surface area contributed by atoms with E-state index in [2.05, 4.69) is 30.6 Å². The second kappa shape index (κ2) is 6.58. The first-order valence-corrected chi connectivity index (χ1v) is 7.38. The molecule has 2 amide bonds. The number of carbonyl (C=O) groups is 2. The molecule has 0 unspecified atom stereocenters. The first kappa shape index (κ1) is 16.0. The van der Waals surface area contributed by atoms with E-state index < -0.39 is 24.1 Å². The number of hydrogen-bond acceptors (Lipinski definition) is 7. The van der Waals surface area contributed by atoms with Crippen LogP contribution in [0.3, 0.4) is 0 Å². The van der Waals surface area contributed by atoms with Gasteiger partial charge in [-0.15, -0.1) is 0 Å². The minimum atomic E-state index is -1.43. The van der Waals surface area contributed by atoms with E-state index in [1.807, 2.05) is 0 Å². The van der Waals surface area contributed by atoms with Crippen molar-refractivity contribution in [3.8, 4) is 0 Å². The molecule has 0 saturated heterocycles. The second-order valence-corrected chi connectivity index (χ2v) is 5.09. The number of amides is 2. The zero-order valence-electron chi connectivity index (χ0n) is 11.7. The van der Waals surface area contributed by atoms with Crippen LogP contribution < -0.4 is 10.6 Å². The van der Waals surface area contributed by atoms with Gasteiger partial charge in [0.1, 0.15) is 5.52 Å². The summed E-state index contributed by atoms with van der Waals surface area (Å²) in [4.78, 5) is 37.9. The summed E-state index contributed by atoms with van der Waals surface area (Å²) in [6.45, 7) is 1.27. The number of anilines is 1. The SMILES string of the molecule is CSc1nc(NC(=O)N[C@@H](C(=O)O)[C@H](C)O)c2[nH]cnc2n1. The van der Waals surface area contributed by atoms with Gasteiger partial charge in [0.15, 0.2) is 22.7 Å². The van der Waals surface area contributed by atoms with Crippen molar-refractivity contribution in [2.24, 2.45) is 0 Å². The van der Waals surface area contributed by atoms with Gasteiger partial charge in [-0.1, -0.05) is 11.8 Å². The van der Waals surface area contributed by atoms with Gasteiger partial charge in [0.05, 0.1) is 12.4 Å². The van der Waals surface area contributed by atoms with Crippen LogP contribution in [0.15, 0.2) is 11.5 Å². The summed E-state index contributed by atoms with van der Waals surface area (Å²) in [7, 11) is 0. The molecule has 2 heterocycles. The Hall–Kier alpha value is -2.40. The van der Waals surface area contributed by atoms with Gasteiger partial charge in [0.25, 0.3) is 0 Å².